The summed E-state index contributed by atoms with van der Waals surface area (Å²) in [5.74, 6) is 0.426. The lowest BCUT2D eigenvalue weighted by atomic mass is 10.1. The van der Waals surface area contributed by atoms with Gasteiger partial charge < -0.3 is 9.84 Å². The zero-order chi connectivity index (χ0) is 13.7. The maximum absolute atomic E-state index is 12.0. The number of amides is 1. The van der Waals surface area contributed by atoms with E-state index in [-0.39, 0.29) is 11.9 Å². The Balaban J connectivity index is 2.11. The van der Waals surface area contributed by atoms with Crippen LogP contribution in [0.2, 0.25) is 0 Å². The van der Waals surface area contributed by atoms with Gasteiger partial charge in [-0.3, -0.25) is 4.79 Å². The quantitative estimate of drug-likeness (QED) is 0.895. The first kappa shape index (κ1) is 13.3. The number of aromatic nitrogens is 1. The number of benzene rings is 1. The molecule has 100 valence electrons. The van der Waals surface area contributed by atoms with Gasteiger partial charge in [-0.25, -0.2) is 0 Å². The van der Waals surface area contributed by atoms with Crippen molar-refractivity contribution in [2.75, 3.05) is 0 Å². The molecule has 0 bridgehead atoms. The summed E-state index contributed by atoms with van der Waals surface area (Å²) >= 11 is 0. The zero-order valence-electron chi connectivity index (χ0n) is 11.2. The molecule has 0 atom stereocenters. The Morgan fingerprint density at radius 2 is 1.95 bits per heavy atom. The second-order valence-electron chi connectivity index (χ2n) is 4.43. The van der Waals surface area contributed by atoms with Gasteiger partial charge in [-0.2, -0.15) is 0 Å². The minimum Gasteiger partial charge on any atom is -0.355 e. The molecule has 0 aliphatic carbocycles. The predicted octanol–water partition coefficient (Wildman–Crippen LogP) is 3.26. The van der Waals surface area contributed by atoms with Crippen molar-refractivity contribution in [3.63, 3.8) is 0 Å². The van der Waals surface area contributed by atoms with E-state index in [0.717, 1.165) is 18.4 Å². The molecule has 0 spiro atoms. The van der Waals surface area contributed by atoms with Crippen molar-refractivity contribution in [2.45, 2.75) is 32.7 Å². The Morgan fingerprint density at radius 3 is 2.58 bits per heavy atom. The number of nitrogens with one attached hydrogen (secondary N) is 1. The Morgan fingerprint density at radius 1 is 1.26 bits per heavy atom. The van der Waals surface area contributed by atoms with Gasteiger partial charge >= 0.3 is 0 Å². The number of rotatable bonds is 5. The van der Waals surface area contributed by atoms with Crippen molar-refractivity contribution in [3.05, 3.63) is 42.1 Å². The third-order valence-corrected chi connectivity index (χ3v) is 3.12. The molecule has 4 heteroatoms. The lowest BCUT2D eigenvalue weighted by molar-refractivity contribution is 0.0926. The average molecular weight is 258 g/mol. The first-order valence-corrected chi connectivity index (χ1v) is 6.57. The van der Waals surface area contributed by atoms with Crippen LogP contribution in [0.15, 0.2) is 40.9 Å². The molecule has 0 aliphatic rings. The normalized spacial score (nSPS) is 10.7. The topological polar surface area (TPSA) is 55.1 Å². The summed E-state index contributed by atoms with van der Waals surface area (Å²) in [7, 11) is 0. The lowest BCUT2D eigenvalue weighted by Crippen LogP contribution is -2.33. The highest BCUT2D eigenvalue weighted by Gasteiger charge is 2.15. The van der Waals surface area contributed by atoms with Crippen LogP contribution in [0.1, 0.15) is 37.2 Å². The number of hydrogen-bond acceptors (Lipinski definition) is 3. The summed E-state index contributed by atoms with van der Waals surface area (Å²) in [6.07, 6.45) is 1.82. The Hall–Kier alpha value is -2.10. The van der Waals surface area contributed by atoms with Gasteiger partial charge in [0.15, 0.2) is 11.5 Å². The van der Waals surface area contributed by atoms with Gasteiger partial charge in [-0.1, -0.05) is 49.3 Å². The fourth-order valence-corrected chi connectivity index (χ4v) is 1.87. The van der Waals surface area contributed by atoms with Crippen molar-refractivity contribution >= 4 is 5.91 Å². The molecule has 0 saturated carbocycles. The maximum atomic E-state index is 12.0. The van der Waals surface area contributed by atoms with E-state index in [9.17, 15) is 4.79 Å². The molecular weight excluding hydrogens is 240 g/mol. The molecule has 0 saturated heterocycles. The van der Waals surface area contributed by atoms with Crippen molar-refractivity contribution in [3.8, 4) is 11.3 Å². The second-order valence-corrected chi connectivity index (χ2v) is 4.43. The van der Waals surface area contributed by atoms with Crippen molar-refractivity contribution in [2.24, 2.45) is 0 Å². The number of carbonyl (C=O) groups excluding carboxylic acids is 1. The minimum absolute atomic E-state index is 0.181. The van der Waals surface area contributed by atoms with Crippen LogP contribution < -0.4 is 5.32 Å². The van der Waals surface area contributed by atoms with Crippen LogP contribution in [0.25, 0.3) is 11.3 Å². The van der Waals surface area contributed by atoms with Gasteiger partial charge in [-0.15, -0.1) is 0 Å². The van der Waals surface area contributed by atoms with Crippen LogP contribution in [0.3, 0.4) is 0 Å². The molecule has 1 N–H and O–H groups in total. The highest BCUT2D eigenvalue weighted by Crippen LogP contribution is 2.19. The van der Waals surface area contributed by atoms with Gasteiger partial charge in [-0.05, 0) is 12.8 Å². The fourth-order valence-electron chi connectivity index (χ4n) is 1.87. The van der Waals surface area contributed by atoms with Crippen molar-refractivity contribution in [1.82, 2.24) is 10.5 Å². The van der Waals surface area contributed by atoms with E-state index in [0.29, 0.717) is 11.5 Å². The molecule has 2 aromatic rings. The van der Waals surface area contributed by atoms with E-state index in [1.54, 1.807) is 6.07 Å². The van der Waals surface area contributed by atoms with Gasteiger partial charge in [0.25, 0.3) is 5.91 Å². The van der Waals surface area contributed by atoms with E-state index in [4.69, 9.17) is 4.52 Å². The largest absolute Gasteiger partial charge is 0.355 e. The smallest absolute Gasteiger partial charge is 0.273 e. The molecule has 0 radical (unpaired) electrons. The minimum atomic E-state index is -0.181. The SMILES string of the molecule is CCC(CC)NC(=O)c1cc(-c2ccccc2)on1. The van der Waals surface area contributed by atoms with Crippen LogP contribution in [-0.2, 0) is 0 Å². The molecule has 2 rings (SSSR count). The highest BCUT2D eigenvalue weighted by atomic mass is 16.5. The Labute approximate surface area is 112 Å². The zero-order valence-corrected chi connectivity index (χ0v) is 11.2. The molecule has 0 unspecified atom stereocenters. The average Bonchev–Trinajstić information content (AvgIpc) is 2.95. The second kappa shape index (κ2) is 6.18. The molecule has 1 aromatic heterocycles. The monoisotopic (exact) mass is 258 g/mol. The summed E-state index contributed by atoms with van der Waals surface area (Å²) in [4.78, 5) is 12.0. The van der Waals surface area contributed by atoms with Crippen LogP contribution in [0.4, 0.5) is 0 Å². The van der Waals surface area contributed by atoms with Gasteiger partial charge in [0.2, 0.25) is 0 Å². The highest BCUT2D eigenvalue weighted by molar-refractivity contribution is 5.93. The summed E-state index contributed by atoms with van der Waals surface area (Å²) in [6, 6.07) is 11.5. The molecule has 1 amide bonds. The van der Waals surface area contributed by atoms with E-state index >= 15 is 0 Å². The molecular formula is C15H18N2O2. The van der Waals surface area contributed by atoms with Gasteiger partial charge in [0.05, 0.1) is 0 Å². The molecule has 1 aromatic carbocycles. The fraction of sp³-hybridized carbons (Fsp3) is 0.333. The number of carbonyl (C=O) groups is 1. The van der Waals surface area contributed by atoms with Gasteiger partial charge in [0, 0.05) is 17.7 Å². The maximum Gasteiger partial charge on any atom is 0.273 e. The summed E-state index contributed by atoms with van der Waals surface area (Å²) in [5, 5.41) is 6.76. The predicted molar refractivity (Wildman–Crippen MR) is 73.8 cm³/mol. The lowest BCUT2D eigenvalue weighted by Gasteiger charge is -2.12. The summed E-state index contributed by atoms with van der Waals surface area (Å²) in [5.41, 5.74) is 1.24. The first-order valence-electron chi connectivity index (χ1n) is 6.57. The molecule has 19 heavy (non-hydrogen) atoms. The van der Waals surface area contributed by atoms with E-state index in [2.05, 4.69) is 10.5 Å². The van der Waals surface area contributed by atoms with Crippen LogP contribution in [0, 0.1) is 0 Å². The standard InChI is InChI=1S/C15H18N2O2/c1-3-12(4-2)16-15(18)13-10-14(19-17-13)11-8-6-5-7-9-11/h5-10,12H,3-4H2,1-2H3,(H,16,18). The summed E-state index contributed by atoms with van der Waals surface area (Å²) < 4.78 is 5.21. The molecule has 1 heterocycles. The van der Waals surface area contributed by atoms with E-state index in [1.165, 1.54) is 0 Å². The van der Waals surface area contributed by atoms with Crippen LogP contribution >= 0.6 is 0 Å². The molecule has 0 aliphatic heterocycles. The van der Waals surface area contributed by atoms with E-state index in [1.807, 2.05) is 44.2 Å². The molecule has 4 nitrogen and oxygen atoms in total. The summed E-state index contributed by atoms with van der Waals surface area (Å²) in [6.45, 7) is 4.10. The molecule has 0 fully saturated rings. The first-order chi connectivity index (χ1) is 9.24. The third-order valence-electron chi connectivity index (χ3n) is 3.12. The van der Waals surface area contributed by atoms with Crippen molar-refractivity contribution in [1.29, 1.82) is 0 Å². The third kappa shape index (κ3) is 3.22. The Kier molecular flexibility index (Phi) is 4.34. The number of hydrogen-bond donors (Lipinski definition) is 1. The van der Waals surface area contributed by atoms with Crippen LogP contribution in [-0.4, -0.2) is 17.1 Å². The number of nitrogens with zero attached hydrogens (tertiary/aromatic N) is 1. The van der Waals surface area contributed by atoms with Crippen LogP contribution in [0.5, 0.6) is 0 Å². The van der Waals surface area contributed by atoms with Gasteiger partial charge in [0.1, 0.15) is 0 Å². The van der Waals surface area contributed by atoms with Crippen molar-refractivity contribution < 1.29 is 9.32 Å². The Bertz CT molecular complexity index is 530. The van der Waals surface area contributed by atoms with E-state index < -0.39 is 0 Å².